The molecule has 1 aliphatic heterocycles. The molecule has 2 aromatic heterocycles. The Morgan fingerprint density at radius 2 is 2.08 bits per heavy atom. The molecule has 3 aromatic rings. The molecule has 0 atom stereocenters. The molecule has 7 heteroatoms. The van der Waals surface area contributed by atoms with Crippen molar-refractivity contribution >= 4 is 28.2 Å². The van der Waals surface area contributed by atoms with Crippen LogP contribution in [0, 0.1) is 5.82 Å². The number of hydrogen-bond acceptors (Lipinski definition) is 5. The zero-order chi connectivity index (χ0) is 17.6. The summed E-state index contributed by atoms with van der Waals surface area (Å²) in [6.45, 7) is 8.55. The molecule has 0 radical (unpaired) electrons. The van der Waals surface area contributed by atoms with Gasteiger partial charge in [0.25, 0.3) is 5.78 Å². The summed E-state index contributed by atoms with van der Waals surface area (Å²) in [5.74, 6) is 0.569. The fraction of sp³-hybridized carbons (Fsp3) is 0.167. The van der Waals surface area contributed by atoms with Crippen LogP contribution in [0.4, 0.5) is 15.9 Å². The van der Waals surface area contributed by atoms with Crippen molar-refractivity contribution in [3.05, 3.63) is 60.9 Å². The molecule has 126 valence electrons. The normalized spacial score (nSPS) is 15.2. The molecule has 25 heavy (non-hydrogen) atoms. The smallest absolute Gasteiger partial charge is 0.257 e. The third-order valence-corrected chi connectivity index (χ3v) is 4.49. The molecule has 0 aliphatic carbocycles. The summed E-state index contributed by atoms with van der Waals surface area (Å²) in [5, 5.41) is 8.60. The van der Waals surface area contributed by atoms with Crippen LogP contribution in [0.2, 0.25) is 0 Å². The molecule has 0 saturated heterocycles. The van der Waals surface area contributed by atoms with Crippen molar-refractivity contribution in [2.45, 2.75) is 12.8 Å². The van der Waals surface area contributed by atoms with Crippen LogP contribution in [0.3, 0.4) is 0 Å². The van der Waals surface area contributed by atoms with Gasteiger partial charge in [0.2, 0.25) is 0 Å². The maximum atomic E-state index is 14.2. The van der Waals surface area contributed by atoms with Gasteiger partial charge in [-0.3, -0.25) is 4.40 Å². The van der Waals surface area contributed by atoms with E-state index in [9.17, 15) is 4.39 Å². The average molecular weight is 336 g/mol. The summed E-state index contributed by atoms with van der Waals surface area (Å²) in [7, 11) is 0. The lowest BCUT2D eigenvalue weighted by atomic mass is 10.0. The van der Waals surface area contributed by atoms with Crippen molar-refractivity contribution in [3.8, 4) is 0 Å². The predicted molar refractivity (Wildman–Crippen MR) is 96.7 cm³/mol. The summed E-state index contributed by atoms with van der Waals surface area (Å²) in [5.41, 5.74) is 8.57. The van der Waals surface area contributed by atoms with Gasteiger partial charge < -0.3 is 10.6 Å². The summed E-state index contributed by atoms with van der Waals surface area (Å²) in [6.07, 6.45) is 7.03. The number of rotatable bonds is 3. The summed E-state index contributed by atoms with van der Waals surface area (Å²) < 4.78 is 15.9. The van der Waals surface area contributed by atoms with Gasteiger partial charge in [0.15, 0.2) is 0 Å². The highest BCUT2D eigenvalue weighted by Crippen LogP contribution is 2.34. The van der Waals surface area contributed by atoms with Gasteiger partial charge in [0.05, 0.1) is 11.2 Å². The zero-order valence-corrected chi connectivity index (χ0v) is 13.6. The molecule has 6 nitrogen and oxygen atoms in total. The van der Waals surface area contributed by atoms with Gasteiger partial charge in [-0.25, -0.2) is 4.39 Å². The zero-order valence-electron chi connectivity index (χ0n) is 13.6. The number of benzene rings is 1. The van der Waals surface area contributed by atoms with E-state index in [2.05, 4.69) is 28.3 Å². The first-order valence-electron chi connectivity index (χ1n) is 7.98. The van der Waals surface area contributed by atoms with E-state index in [1.807, 2.05) is 11.0 Å². The van der Waals surface area contributed by atoms with Gasteiger partial charge in [-0.1, -0.05) is 19.2 Å². The third-order valence-electron chi connectivity index (χ3n) is 4.49. The maximum Gasteiger partial charge on any atom is 0.257 e. The number of hydrogen-bond donors (Lipinski definition) is 1. The largest absolute Gasteiger partial charge is 0.396 e. The second-order valence-electron chi connectivity index (χ2n) is 5.90. The fourth-order valence-electron chi connectivity index (χ4n) is 3.31. The number of nitrogens with two attached hydrogens (primary N) is 1. The lowest BCUT2D eigenvalue weighted by Crippen LogP contribution is -2.29. The molecule has 0 fully saturated rings. The van der Waals surface area contributed by atoms with E-state index in [0.717, 1.165) is 30.7 Å². The minimum atomic E-state index is -0.479. The van der Waals surface area contributed by atoms with Gasteiger partial charge in [0.1, 0.15) is 18.0 Å². The van der Waals surface area contributed by atoms with Crippen LogP contribution in [0.5, 0.6) is 0 Å². The number of nitrogen functional groups attached to an aromatic ring is 1. The first kappa shape index (κ1) is 15.3. The summed E-state index contributed by atoms with van der Waals surface area (Å²) in [6, 6.07) is 3.00. The molecular weight excluding hydrogens is 319 g/mol. The van der Waals surface area contributed by atoms with Gasteiger partial charge in [-0.2, -0.15) is 4.98 Å². The van der Waals surface area contributed by atoms with Gasteiger partial charge in [-0.15, -0.1) is 10.2 Å². The Morgan fingerprint density at radius 3 is 2.84 bits per heavy atom. The number of nitrogens with zero attached hydrogens (tertiary/aromatic N) is 5. The quantitative estimate of drug-likeness (QED) is 0.744. The van der Waals surface area contributed by atoms with Crippen LogP contribution >= 0.6 is 0 Å². The highest BCUT2D eigenvalue weighted by molar-refractivity contribution is 5.94. The number of halogens is 1. The highest BCUT2D eigenvalue weighted by Gasteiger charge is 2.23. The lowest BCUT2D eigenvalue weighted by Gasteiger charge is -2.31. The van der Waals surface area contributed by atoms with Crippen molar-refractivity contribution in [1.29, 1.82) is 0 Å². The van der Waals surface area contributed by atoms with Crippen LogP contribution in [0.25, 0.3) is 16.7 Å². The molecule has 0 unspecified atom stereocenters. The Hall–Kier alpha value is -3.22. The fourth-order valence-corrected chi connectivity index (χ4v) is 3.31. The van der Waals surface area contributed by atoms with Gasteiger partial charge in [0, 0.05) is 17.6 Å². The van der Waals surface area contributed by atoms with E-state index < -0.39 is 5.82 Å². The summed E-state index contributed by atoms with van der Waals surface area (Å²) >= 11 is 0. The van der Waals surface area contributed by atoms with Crippen molar-refractivity contribution < 1.29 is 4.39 Å². The topological polar surface area (TPSA) is 72.3 Å². The second-order valence-corrected chi connectivity index (χ2v) is 5.90. The van der Waals surface area contributed by atoms with Crippen LogP contribution < -0.4 is 10.6 Å². The van der Waals surface area contributed by atoms with Gasteiger partial charge in [-0.05, 0) is 36.6 Å². The number of aromatic nitrogens is 4. The van der Waals surface area contributed by atoms with E-state index in [1.165, 1.54) is 6.07 Å². The first-order chi connectivity index (χ1) is 12.1. The molecule has 0 saturated carbocycles. The highest BCUT2D eigenvalue weighted by atomic mass is 19.1. The molecule has 0 bridgehead atoms. The van der Waals surface area contributed by atoms with Crippen molar-refractivity contribution in [2.75, 3.05) is 17.2 Å². The minimum absolute atomic E-state index is 0.0737. The Labute approximate surface area is 143 Å². The Kier molecular flexibility index (Phi) is 3.49. The van der Waals surface area contributed by atoms with Crippen molar-refractivity contribution in [3.63, 3.8) is 0 Å². The lowest BCUT2D eigenvalue weighted by molar-refractivity contribution is 0.634. The molecule has 1 aromatic carbocycles. The standard InChI is InChI=1S/C18H17FN6/c1-3-11-6-5-7-24(15(11)4-2)17-12-8-13(19)14(20)9-16(12)25-10-21-23-18(25)22-17/h3-4,8-10H,1-2,5-7,20H2. The van der Waals surface area contributed by atoms with Crippen LogP contribution in [0.15, 0.2) is 55.0 Å². The van der Waals surface area contributed by atoms with Crippen molar-refractivity contribution in [2.24, 2.45) is 0 Å². The third kappa shape index (κ3) is 2.27. The van der Waals surface area contributed by atoms with Gasteiger partial charge >= 0.3 is 0 Å². The molecule has 1 aliphatic rings. The summed E-state index contributed by atoms with van der Waals surface area (Å²) in [4.78, 5) is 6.64. The van der Waals surface area contributed by atoms with Crippen LogP contribution in [-0.2, 0) is 0 Å². The van der Waals surface area contributed by atoms with E-state index in [1.54, 1.807) is 22.9 Å². The second kappa shape index (κ2) is 5.70. The maximum absolute atomic E-state index is 14.2. The monoisotopic (exact) mass is 336 g/mol. The van der Waals surface area contributed by atoms with E-state index >= 15 is 0 Å². The molecular formula is C18H17FN6. The molecule has 4 rings (SSSR count). The molecule has 3 heterocycles. The molecule has 2 N–H and O–H groups in total. The number of allylic oxidation sites excluding steroid dienone is 3. The van der Waals surface area contributed by atoms with Crippen LogP contribution in [-0.4, -0.2) is 26.1 Å². The van der Waals surface area contributed by atoms with E-state index in [4.69, 9.17) is 5.73 Å². The Morgan fingerprint density at radius 1 is 1.24 bits per heavy atom. The Balaban J connectivity index is 2.07. The number of anilines is 2. The van der Waals surface area contributed by atoms with Crippen molar-refractivity contribution in [1.82, 2.24) is 19.6 Å². The number of fused-ring (bicyclic) bond motifs is 3. The van der Waals surface area contributed by atoms with E-state index in [0.29, 0.717) is 22.5 Å². The average Bonchev–Trinajstić information content (AvgIpc) is 3.10. The molecule has 0 spiro atoms. The Bertz CT molecular complexity index is 1050. The van der Waals surface area contributed by atoms with E-state index in [-0.39, 0.29) is 5.69 Å². The SMILES string of the molecule is C=CC1=C(C=C)N(c2nc3nncn3c3cc(N)c(F)cc23)CCC1. The minimum Gasteiger partial charge on any atom is -0.396 e. The predicted octanol–water partition coefficient (Wildman–Crippen LogP) is 3.23. The first-order valence-corrected chi connectivity index (χ1v) is 7.98. The van der Waals surface area contributed by atoms with Crippen LogP contribution in [0.1, 0.15) is 12.8 Å². The molecule has 0 amide bonds.